The molecule has 24 heavy (non-hydrogen) atoms. The number of hydrogen-bond donors (Lipinski definition) is 0. The Balaban J connectivity index is 1.50. The smallest absolute Gasteiger partial charge is 0.0447 e. The van der Waals surface area contributed by atoms with E-state index in [0.717, 1.165) is 19.6 Å². The molecule has 1 atom stereocenters. The molecular formula is C21H23N3. The van der Waals surface area contributed by atoms with Crippen molar-refractivity contribution in [2.45, 2.75) is 19.0 Å². The third-order valence-electron chi connectivity index (χ3n) is 5.08. The number of pyridine rings is 1. The molecule has 0 aliphatic carbocycles. The number of likely N-dealkylation sites (tertiary alicyclic amines) is 1. The third-order valence-corrected chi connectivity index (χ3v) is 5.08. The lowest BCUT2D eigenvalue weighted by atomic mass is 10.1. The maximum absolute atomic E-state index is 4.24. The van der Waals surface area contributed by atoms with Gasteiger partial charge >= 0.3 is 0 Å². The highest BCUT2D eigenvalue weighted by Gasteiger charge is 2.26. The van der Waals surface area contributed by atoms with E-state index in [2.05, 4.69) is 76.4 Å². The minimum atomic E-state index is 0.562. The number of hydrogen-bond acceptors (Lipinski definition) is 3. The lowest BCUT2D eigenvalue weighted by Crippen LogP contribution is -2.34. The molecule has 2 aromatic carbocycles. The van der Waals surface area contributed by atoms with Crippen LogP contribution in [0.25, 0.3) is 10.8 Å². The highest BCUT2D eigenvalue weighted by atomic mass is 15.2. The summed E-state index contributed by atoms with van der Waals surface area (Å²) in [5, 5.41) is 2.50. The van der Waals surface area contributed by atoms with Crippen LogP contribution in [0.1, 0.15) is 12.0 Å². The zero-order chi connectivity index (χ0) is 16.4. The quantitative estimate of drug-likeness (QED) is 0.726. The molecule has 1 aromatic heterocycles. The van der Waals surface area contributed by atoms with Gasteiger partial charge in [0, 0.05) is 61.6 Å². The summed E-state index contributed by atoms with van der Waals surface area (Å²) < 4.78 is 0. The molecule has 3 nitrogen and oxygen atoms in total. The van der Waals surface area contributed by atoms with Gasteiger partial charge in [-0.2, -0.15) is 0 Å². The Kier molecular flexibility index (Phi) is 4.18. The highest BCUT2D eigenvalue weighted by molar-refractivity contribution is 5.93. The van der Waals surface area contributed by atoms with E-state index < -0.39 is 0 Å². The summed E-state index contributed by atoms with van der Waals surface area (Å²) in [6.45, 7) is 3.33. The van der Waals surface area contributed by atoms with Crippen molar-refractivity contribution in [3.8, 4) is 0 Å². The molecular weight excluding hydrogens is 294 g/mol. The molecule has 0 radical (unpaired) electrons. The summed E-state index contributed by atoms with van der Waals surface area (Å²) in [4.78, 5) is 9.25. The minimum absolute atomic E-state index is 0.562. The van der Waals surface area contributed by atoms with E-state index in [1.807, 2.05) is 12.4 Å². The van der Waals surface area contributed by atoms with Gasteiger partial charge in [-0.15, -0.1) is 0 Å². The Morgan fingerprint density at radius 1 is 1.08 bits per heavy atom. The molecule has 4 rings (SSSR count). The molecule has 0 bridgehead atoms. The van der Waals surface area contributed by atoms with Crippen LogP contribution in [-0.2, 0) is 6.54 Å². The number of anilines is 1. The molecule has 0 N–H and O–H groups in total. The maximum Gasteiger partial charge on any atom is 0.0447 e. The number of likely N-dealkylation sites (N-methyl/N-ethyl adjacent to an activating group) is 1. The number of fused-ring (bicyclic) bond motifs is 1. The Morgan fingerprint density at radius 3 is 2.83 bits per heavy atom. The molecule has 1 aliphatic heterocycles. The Bertz CT molecular complexity index is 810. The summed E-state index contributed by atoms with van der Waals surface area (Å²) in [5.41, 5.74) is 2.71. The standard InChI is InChI=1S/C21H23N3/c1-23(21-9-5-8-18-14-22-12-10-20(18)21)19-11-13-24(16-19)15-17-6-3-2-4-7-17/h2-10,12,14,19H,11,13,15-16H2,1H3. The van der Waals surface area contributed by atoms with Gasteiger partial charge in [0.1, 0.15) is 0 Å². The van der Waals surface area contributed by atoms with Gasteiger partial charge in [0.15, 0.2) is 0 Å². The summed E-state index contributed by atoms with van der Waals surface area (Å²) in [6.07, 6.45) is 5.05. The van der Waals surface area contributed by atoms with E-state index in [1.54, 1.807) is 0 Å². The molecule has 1 unspecified atom stereocenters. The maximum atomic E-state index is 4.24. The number of aromatic nitrogens is 1. The normalized spacial score (nSPS) is 18.1. The van der Waals surface area contributed by atoms with Crippen molar-refractivity contribution in [1.82, 2.24) is 9.88 Å². The fraction of sp³-hybridized carbons (Fsp3) is 0.286. The summed E-state index contributed by atoms with van der Waals surface area (Å²) in [7, 11) is 2.23. The van der Waals surface area contributed by atoms with Crippen LogP contribution in [0.15, 0.2) is 67.0 Å². The van der Waals surface area contributed by atoms with Crippen LogP contribution in [0, 0.1) is 0 Å². The molecule has 0 saturated carbocycles. The molecule has 3 aromatic rings. The van der Waals surface area contributed by atoms with Crippen LogP contribution < -0.4 is 4.90 Å². The van der Waals surface area contributed by atoms with Crippen LogP contribution in [0.2, 0.25) is 0 Å². The molecule has 2 heterocycles. The summed E-state index contributed by atoms with van der Waals surface area (Å²) in [6, 6.07) is 19.9. The highest BCUT2D eigenvalue weighted by Crippen LogP contribution is 2.29. The second-order valence-corrected chi connectivity index (χ2v) is 6.65. The number of benzene rings is 2. The van der Waals surface area contributed by atoms with Crippen LogP contribution in [-0.4, -0.2) is 36.1 Å². The predicted molar refractivity (Wildman–Crippen MR) is 100 cm³/mol. The van der Waals surface area contributed by atoms with Crippen LogP contribution in [0.5, 0.6) is 0 Å². The van der Waals surface area contributed by atoms with E-state index in [9.17, 15) is 0 Å². The average molecular weight is 317 g/mol. The third kappa shape index (κ3) is 3.00. The molecule has 1 aliphatic rings. The van der Waals surface area contributed by atoms with Crippen LogP contribution >= 0.6 is 0 Å². The van der Waals surface area contributed by atoms with Crippen molar-refractivity contribution in [3.05, 3.63) is 72.6 Å². The Morgan fingerprint density at radius 2 is 1.96 bits per heavy atom. The van der Waals surface area contributed by atoms with Gasteiger partial charge in [0.2, 0.25) is 0 Å². The van der Waals surface area contributed by atoms with Gasteiger partial charge in [-0.25, -0.2) is 0 Å². The predicted octanol–water partition coefficient (Wildman–Crippen LogP) is 3.95. The van der Waals surface area contributed by atoms with E-state index in [4.69, 9.17) is 0 Å². The molecule has 0 spiro atoms. The van der Waals surface area contributed by atoms with E-state index in [1.165, 1.54) is 28.4 Å². The second-order valence-electron chi connectivity index (χ2n) is 6.65. The summed E-state index contributed by atoms with van der Waals surface area (Å²) in [5.74, 6) is 0. The first-order chi connectivity index (χ1) is 11.8. The average Bonchev–Trinajstić information content (AvgIpc) is 3.10. The van der Waals surface area contributed by atoms with Gasteiger partial charge in [0.25, 0.3) is 0 Å². The number of rotatable bonds is 4. The van der Waals surface area contributed by atoms with Crippen molar-refractivity contribution >= 4 is 16.5 Å². The van der Waals surface area contributed by atoms with E-state index in [-0.39, 0.29) is 0 Å². The molecule has 1 fully saturated rings. The van der Waals surface area contributed by atoms with E-state index >= 15 is 0 Å². The zero-order valence-corrected chi connectivity index (χ0v) is 14.1. The lowest BCUT2D eigenvalue weighted by Gasteiger charge is -2.28. The molecule has 0 amide bonds. The van der Waals surface area contributed by atoms with Gasteiger partial charge in [-0.05, 0) is 24.1 Å². The van der Waals surface area contributed by atoms with Crippen molar-refractivity contribution in [3.63, 3.8) is 0 Å². The number of nitrogens with zero attached hydrogens (tertiary/aromatic N) is 3. The van der Waals surface area contributed by atoms with E-state index in [0.29, 0.717) is 6.04 Å². The molecule has 3 heteroatoms. The first-order valence-electron chi connectivity index (χ1n) is 8.63. The fourth-order valence-corrected chi connectivity index (χ4v) is 3.72. The van der Waals surface area contributed by atoms with Gasteiger partial charge < -0.3 is 4.90 Å². The van der Waals surface area contributed by atoms with Gasteiger partial charge in [-0.3, -0.25) is 9.88 Å². The first-order valence-corrected chi connectivity index (χ1v) is 8.63. The largest absolute Gasteiger partial charge is 0.370 e. The van der Waals surface area contributed by atoms with Gasteiger partial charge in [-0.1, -0.05) is 42.5 Å². The van der Waals surface area contributed by atoms with Crippen molar-refractivity contribution in [2.24, 2.45) is 0 Å². The molecule has 122 valence electrons. The summed E-state index contributed by atoms with van der Waals surface area (Å²) >= 11 is 0. The fourth-order valence-electron chi connectivity index (χ4n) is 3.72. The van der Waals surface area contributed by atoms with Crippen LogP contribution in [0.3, 0.4) is 0 Å². The SMILES string of the molecule is CN(c1cccc2cnccc12)C1CCN(Cc2ccccc2)C1. The Labute approximate surface area is 143 Å². The van der Waals surface area contributed by atoms with Crippen molar-refractivity contribution in [2.75, 3.05) is 25.0 Å². The van der Waals surface area contributed by atoms with Crippen molar-refractivity contribution < 1.29 is 0 Å². The topological polar surface area (TPSA) is 19.4 Å². The Hall–Kier alpha value is -2.39. The molecule has 1 saturated heterocycles. The van der Waals surface area contributed by atoms with Gasteiger partial charge in [0.05, 0.1) is 0 Å². The van der Waals surface area contributed by atoms with Crippen LogP contribution in [0.4, 0.5) is 5.69 Å². The zero-order valence-electron chi connectivity index (χ0n) is 14.1. The van der Waals surface area contributed by atoms with Crippen molar-refractivity contribution in [1.29, 1.82) is 0 Å². The first kappa shape index (κ1) is 15.2. The minimum Gasteiger partial charge on any atom is -0.370 e. The monoisotopic (exact) mass is 317 g/mol. The second kappa shape index (κ2) is 6.62. The lowest BCUT2D eigenvalue weighted by molar-refractivity contribution is 0.326.